The fourth-order valence-electron chi connectivity index (χ4n) is 3.53. The zero-order valence-corrected chi connectivity index (χ0v) is 14.9. The largest absolute Gasteiger partial charge is 0.368 e. The van der Waals surface area contributed by atoms with Crippen molar-refractivity contribution in [3.05, 3.63) is 36.7 Å². The summed E-state index contributed by atoms with van der Waals surface area (Å²) in [6.07, 6.45) is 3.95. The van der Waals surface area contributed by atoms with Crippen molar-refractivity contribution in [2.45, 2.75) is 0 Å². The Morgan fingerprint density at radius 1 is 0.840 bits per heavy atom. The minimum atomic E-state index is 0.844. The Balaban J connectivity index is 1.56. The molecule has 4 rings (SSSR count). The molecule has 1 aromatic carbocycles. The number of hydrogen-bond donors (Lipinski definition) is 1. The highest BCUT2D eigenvalue weighted by atomic mass is 15.3. The molecule has 0 atom stereocenters. The predicted molar refractivity (Wildman–Crippen MR) is 102 cm³/mol. The highest BCUT2D eigenvalue weighted by molar-refractivity contribution is 5.78. The molecule has 0 saturated carbocycles. The average Bonchev–Trinajstić information content (AvgIpc) is 2.69. The summed E-state index contributed by atoms with van der Waals surface area (Å²) in [5, 5.41) is 3.42. The Kier molecular flexibility index (Phi) is 4.81. The number of aromatic nitrogens is 2. The summed E-state index contributed by atoms with van der Waals surface area (Å²) < 4.78 is 0. The van der Waals surface area contributed by atoms with Crippen molar-refractivity contribution < 1.29 is 0 Å². The third-order valence-corrected chi connectivity index (χ3v) is 5.10. The van der Waals surface area contributed by atoms with Gasteiger partial charge < -0.3 is 20.0 Å². The fraction of sp³-hybridized carbons (Fsp3) is 0.474. The summed E-state index contributed by atoms with van der Waals surface area (Å²) in [4.78, 5) is 16.4. The van der Waals surface area contributed by atoms with Crippen molar-refractivity contribution in [3.63, 3.8) is 0 Å². The van der Waals surface area contributed by atoms with E-state index in [0.29, 0.717) is 0 Å². The SMILES string of the molecule is CN1CCN(c2ncc(-c3ccccc3N3CCNCC3)cn2)CC1. The molecular weight excluding hydrogens is 312 g/mol. The molecule has 2 saturated heterocycles. The van der Waals surface area contributed by atoms with Gasteiger partial charge in [0.2, 0.25) is 5.95 Å². The molecule has 0 unspecified atom stereocenters. The first kappa shape index (κ1) is 16.3. The van der Waals surface area contributed by atoms with Crippen molar-refractivity contribution in [1.82, 2.24) is 20.2 Å². The lowest BCUT2D eigenvalue weighted by atomic mass is 10.1. The number of para-hydroxylation sites is 1. The fourth-order valence-corrected chi connectivity index (χ4v) is 3.53. The van der Waals surface area contributed by atoms with Crippen LogP contribution in [0.4, 0.5) is 11.6 Å². The van der Waals surface area contributed by atoms with Crippen LogP contribution in [0.3, 0.4) is 0 Å². The number of nitrogens with one attached hydrogen (secondary N) is 1. The van der Waals surface area contributed by atoms with Crippen LogP contribution in [0.25, 0.3) is 11.1 Å². The number of nitrogens with zero attached hydrogens (tertiary/aromatic N) is 5. The van der Waals surface area contributed by atoms with E-state index < -0.39 is 0 Å². The van der Waals surface area contributed by atoms with Gasteiger partial charge in [-0.25, -0.2) is 9.97 Å². The molecular formula is C19H26N6. The lowest BCUT2D eigenvalue weighted by Crippen LogP contribution is -2.45. The Hall–Kier alpha value is -2.18. The van der Waals surface area contributed by atoms with E-state index in [1.165, 1.54) is 11.3 Å². The van der Waals surface area contributed by atoms with Crippen LogP contribution in [0, 0.1) is 0 Å². The summed E-state index contributed by atoms with van der Waals surface area (Å²) in [6.45, 7) is 8.27. The van der Waals surface area contributed by atoms with E-state index in [4.69, 9.17) is 0 Å². The van der Waals surface area contributed by atoms with Crippen LogP contribution in [0.5, 0.6) is 0 Å². The third kappa shape index (κ3) is 3.60. The Labute approximate surface area is 149 Å². The Bertz CT molecular complexity index is 687. The van der Waals surface area contributed by atoms with Crippen molar-refractivity contribution >= 4 is 11.6 Å². The highest BCUT2D eigenvalue weighted by Gasteiger charge is 2.18. The van der Waals surface area contributed by atoms with Crippen molar-refractivity contribution in [2.75, 3.05) is 69.2 Å². The number of anilines is 2. The van der Waals surface area contributed by atoms with Crippen LogP contribution in [-0.4, -0.2) is 74.3 Å². The van der Waals surface area contributed by atoms with Gasteiger partial charge in [0.1, 0.15) is 0 Å². The van der Waals surface area contributed by atoms with Gasteiger partial charge in [-0.15, -0.1) is 0 Å². The second kappa shape index (κ2) is 7.37. The molecule has 1 N–H and O–H groups in total. The van der Waals surface area contributed by atoms with E-state index >= 15 is 0 Å². The molecule has 1 aromatic heterocycles. The van der Waals surface area contributed by atoms with Crippen LogP contribution in [0.1, 0.15) is 0 Å². The first-order valence-corrected chi connectivity index (χ1v) is 9.12. The normalized spacial score (nSPS) is 19.2. The molecule has 2 fully saturated rings. The third-order valence-electron chi connectivity index (χ3n) is 5.10. The maximum atomic E-state index is 4.66. The minimum Gasteiger partial charge on any atom is -0.368 e. The monoisotopic (exact) mass is 338 g/mol. The summed E-state index contributed by atoms with van der Waals surface area (Å²) in [6, 6.07) is 8.58. The number of benzene rings is 1. The highest BCUT2D eigenvalue weighted by Crippen LogP contribution is 2.30. The van der Waals surface area contributed by atoms with Crippen LogP contribution in [-0.2, 0) is 0 Å². The second-order valence-electron chi connectivity index (χ2n) is 6.82. The number of hydrogen-bond acceptors (Lipinski definition) is 6. The van der Waals surface area contributed by atoms with E-state index in [-0.39, 0.29) is 0 Å². The minimum absolute atomic E-state index is 0.844. The number of piperazine rings is 2. The molecule has 2 aromatic rings. The predicted octanol–water partition coefficient (Wildman–Crippen LogP) is 1.30. The van der Waals surface area contributed by atoms with Gasteiger partial charge in [-0.3, -0.25) is 0 Å². The lowest BCUT2D eigenvalue weighted by molar-refractivity contribution is 0.311. The molecule has 0 amide bonds. The molecule has 6 heteroatoms. The molecule has 6 nitrogen and oxygen atoms in total. The van der Waals surface area contributed by atoms with E-state index in [0.717, 1.165) is 63.9 Å². The Morgan fingerprint density at radius 2 is 1.52 bits per heavy atom. The molecule has 0 spiro atoms. The van der Waals surface area contributed by atoms with Crippen molar-refractivity contribution in [1.29, 1.82) is 0 Å². The maximum Gasteiger partial charge on any atom is 0.225 e. The lowest BCUT2D eigenvalue weighted by Gasteiger charge is -2.32. The number of likely N-dealkylation sites (N-methyl/N-ethyl adjacent to an activating group) is 1. The van der Waals surface area contributed by atoms with Gasteiger partial charge >= 0.3 is 0 Å². The van der Waals surface area contributed by atoms with E-state index in [1.807, 2.05) is 12.4 Å². The second-order valence-corrected chi connectivity index (χ2v) is 6.82. The smallest absolute Gasteiger partial charge is 0.225 e. The first-order chi connectivity index (χ1) is 12.3. The standard InChI is InChI=1S/C19H26N6/c1-23-10-12-25(13-11-23)19-21-14-16(15-22-19)17-4-2-3-5-18(17)24-8-6-20-7-9-24/h2-5,14-15,20H,6-13H2,1H3. The van der Waals surface area contributed by atoms with E-state index in [9.17, 15) is 0 Å². The molecule has 3 heterocycles. The summed E-state index contributed by atoms with van der Waals surface area (Å²) in [7, 11) is 2.16. The zero-order valence-electron chi connectivity index (χ0n) is 14.9. The molecule has 0 radical (unpaired) electrons. The van der Waals surface area contributed by atoms with Crippen LogP contribution in [0.15, 0.2) is 36.7 Å². The van der Waals surface area contributed by atoms with Crippen molar-refractivity contribution in [3.8, 4) is 11.1 Å². The summed E-state index contributed by atoms with van der Waals surface area (Å²) in [5.74, 6) is 0.844. The van der Waals surface area contributed by atoms with Crippen LogP contribution >= 0.6 is 0 Å². The van der Waals surface area contributed by atoms with E-state index in [1.54, 1.807) is 0 Å². The average molecular weight is 338 g/mol. The first-order valence-electron chi connectivity index (χ1n) is 9.12. The van der Waals surface area contributed by atoms with Crippen molar-refractivity contribution in [2.24, 2.45) is 0 Å². The molecule has 132 valence electrons. The quantitative estimate of drug-likeness (QED) is 0.910. The van der Waals surface area contributed by atoms with E-state index in [2.05, 4.69) is 61.3 Å². The molecule has 2 aliphatic rings. The van der Waals surface area contributed by atoms with Gasteiger partial charge in [0.25, 0.3) is 0 Å². The zero-order chi connectivity index (χ0) is 17.1. The van der Waals surface area contributed by atoms with Crippen LogP contribution < -0.4 is 15.1 Å². The number of rotatable bonds is 3. The topological polar surface area (TPSA) is 47.5 Å². The van der Waals surface area contributed by atoms with Gasteiger partial charge in [0.15, 0.2) is 0 Å². The van der Waals surface area contributed by atoms with Gasteiger partial charge in [-0.05, 0) is 13.1 Å². The van der Waals surface area contributed by atoms with Gasteiger partial charge in [-0.1, -0.05) is 18.2 Å². The molecule has 2 aliphatic heterocycles. The maximum absolute atomic E-state index is 4.66. The molecule has 0 aliphatic carbocycles. The summed E-state index contributed by atoms with van der Waals surface area (Å²) in [5.41, 5.74) is 3.58. The Morgan fingerprint density at radius 3 is 2.24 bits per heavy atom. The van der Waals surface area contributed by atoms with Gasteiger partial charge in [-0.2, -0.15) is 0 Å². The van der Waals surface area contributed by atoms with Gasteiger partial charge in [0.05, 0.1) is 0 Å². The van der Waals surface area contributed by atoms with Gasteiger partial charge in [0, 0.05) is 81.6 Å². The summed E-state index contributed by atoms with van der Waals surface area (Å²) >= 11 is 0. The van der Waals surface area contributed by atoms with Crippen LogP contribution in [0.2, 0.25) is 0 Å². The molecule has 25 heavy (non-hydrogen) atoms. The molecule has 0 bridgehead atoms.